The first-order valence-electron chi connectivity index (χ1n) is 5.72. The Labute approximate surface area is 101 Å². The van der Waals surface area contributed by atoms with Crippen LogP contribution in [0, 0.1) is 5.82 Å². The maximum atomic E-state index is 14.2. The van der Waals surface area contributed by atoms with Crippen LogP contribution in [0.3, 0.4) is 0 Å². The number of nitrogens with two attached hydrogens (primary N) is 1. The molecule has 0 spiro atoms. The monoisotopic (exact) mass is 239 g/mol. The average molecular weight is 239 g/mol. The van der Waals surface area contributed by atoms with Crippen LogP contribution in [-0.2, 0) is 17.8 Å². The van der Waals surface area contributed by atoms with Gasteiger partial charge in [0, 0.05) is 23.8 Å². The van der Waals surface area contributed by atoms with Crippen LogP contribution < -0.4 is 10.5 Å². The summed E-state index contributed by atoms with van der Waals surface area (Å²) in [7, 11) is 3.10. The highest BCUT2D eigenvalue weighted by Gasteiger charge is 2.39. The van der Waals surface area contributed by atoms with E-state index in [1.165, 1.54) is 0 Å². The van der Waals surface area contributed by atoms with Crippen molar-refractivity contribution in [3.63, 3.8) is 0 Å². The summed E-state index contributed by atoms with van der Waals surface area (Å²) in [6.45, 7) is 0.264. The lowest BCUT2D eigenvalue weighted by Gasteiger charge is -2.15. The van der Waals surface area contributed by atoms with Crippen LogP contribution in [0.25, 0.3) is 0 Å². The molecule has 1 aromatic rings. The van der Waals surface area contributed by atoms with Gasteiger partial charge in [-0.3, -0.25) is 0 Å². The first kappa shape index (κ1) is 12.3. The third kappa shape index (κ3) is 2.58. The zero-order chi connectivity index (χ0) is 12.5. The molecule has 3 nitrogen and oxygen atoms in total. The molecule has 4 heteroatoms. The van der Waals surface area contributed by atoms with Crippen LogP contribution in [0.2, 0.25) is 0 Å². The summed E-state index contributed by atoms with van der Waals surface area (Å²) in [5, 5.41) is 0. The van der Waals surface area contributed by atoms with Crippen LogP contribution in [0.5, 0.6) is 5.75 Å². The Balaban J connectivity index is 2.34. The summed E-state index contributed by atoms with van der Waals surface area (Å²) in [5.41, 5.74) is 6.93. The molecular weight excluding hydrogens is 221 g/mol. The normalized spacial score (nSPS) is 16.9. The van der Waals surface area contributed by atoms with Crippen LogP contribution in [0.4, 0.5) is 4.39 Å². The predicted octanol–water partition coefficient (Wildman–Crippen LogP) is 2.01. The van der Waals surface area contributed by atoms with E-state index >= 15 is 0 Å². The Hall–Kier alpha value is -1.13. The van der Waals surface area contributed by atoms with Crippen LogP contribution in [0.1, 0.15) is 24.0 Å². The van der Waals surface area contributed by atoms with Crippen LogP contribution in [-0.4, -0.2) is 19.8 Å². The van der Waals surface area contributed by atoms with Gasteiger partial charge in [0.25, 0.3) is 0 Å². The number of hydrogen-bond donors (Lipinski definition) is 1. The quantitative estimate of drug-likeness (QED) is 0.855. The van der Waals surface area contributed by atoms with E-state index in [0.29, 0.717) is 23.3 Å². The van der Waals surface area contributed by atoms with E-state index in [-0.39, 0.29) is 18.0 Å². The lowest BCUT2D eigenvalue weighted by atomic mass is 10.0. The molecule has 0 atom stereocenters. The molecule has 0 aliphatic heterocycles. The fraction of sp³-hybridized carbons (Fsp3) is 0.538. The number of benzene rings is 1. The van der Waals surface area contributed by atoms with Crippen molar-refractivity contribution in [1.82, 2.24) is 0 Å². The second-order valence-corrected chi connectivity index (χ2v) is 4.69. The minimum absolute atomic E-state index is 0.236. The molecule has 1 fully saturated rings. The van der Waals surface area contributed by atoms with Gasteiger partial charge in [-0.2, -0.15) is 0 Å². The summed E-state index contributed by atoms with van der Waals surface area (Å²) < 4.78 is 24.4. The molecule has 17 heavy (non-hydrogen) atoms. The van der Waals surface area contributed by atoms with E-state index in [4.69, 9.17) is 15.2 Å². The number of ether oxygens (including phenoxy) is 2. The van der Waals surface area contributed by atoms with Gasteiger partial charge in [0.05, 0.1) is 13.7 Å². The molecule has 0 aromatic heterocycles. The van der Waals surface area contributed by atoms with Crippen molar-refractivity contribution < 1.29 is 13.9 Å². The van der Waals surface area contributed by atoms with Gasteiger partial charge in [-0.1, -0.05) is 6.07 Å². The van der Waals surface area contributed by atoms with E-state index in [9.17, 15) is 4.39 Å². The molecule has 1 aliphatic rings. The molecule has 0 amide bonds. The minimum Gasteiger partial charge on any atom is -0.496 e. The standard InChI is InChI=1S/C13H18FNO2/c1-16-8-9-3-4-11(17-2)10(12(9)14)7-13(15)5-6-13/h3-4H,5-8,15H2,1-2H3. The molecule has 0 bridgehead atoms. The number of hydrogen-bond acceptors (Lipinski definition) is 3. The van der Waals surface area contributed by atoms with Gasteiger partial charge in [-0.25, -0.2) is 4.39 Å². The highest BCUT2D eigenvalue weighted by molar-refractivity contribution is 5.40. The average Bonchev–Trinajstić information content (AvgIpc) is 3.03. The third-order valence-electron chi connectivity index (χ3n) is 3.22. The van der Waals surface area contributed by atoms with Crippen molar-refractivity contribution in [2.75, 3.05) is 14.2 Å². The molecule has 0 saturated heterocycles. The summed E-state index contributed by atoms with van der Waals surface area (Å²) in [4.78, 5) is 0. The largest absolute Gasteiger partial charge is 0.496 e. The molecule has 1 aliphatic carbocycles. The Kier molecular flexibility index (Phi) is 3.35. The molecule has 0 heterocycles. The molecule has 0 radical (unpaired) electrons. The summed E-state index contributed by atoms with van der Waals surface area (Å²) in [6.07, 6.45) is 2.42. The first-order valence-corrected chi connectivity index (χ1v) is 5.72. The number of rotatable bonds is 5. The summed E-state index contributed by atoms with van der Waals surface area (Å²) >= 11 is 0. The molecular formula is C13H18FNO2. The molecule has 1 aromatic carbocycles. The van der Waals surface area contributed by atoms with Gasteiger partial charge in [-0.05, 0) is 25.3 Å². The van der Waals surface area contributed by atoms with E-state index in [0.717, 1.165) is 12.8 Å². The first-order chi connectivity index (χ1) is 8.09. The zero-order valence-electron chi connectivity index (χ0n) is 10.3. The van der Waals surface area contributed by atoms with Crippen molar-refractivity contribution in [1.29, 1.82) is 0 Å². The SMILES string of the molecule is COCc1ccc(OC)c(CC2(N)CC2)c1F. The van der Waals surface area contributed by atoms with Crippen LogP contribution >= 0.6 is 0 Å². The molecule has 2 rings (SSSR count). The van der Waals surface area contributed by atoms with Crippen molar-refractivity contribution >= 4 is 0 Å². The second kappa shape index (κ2) is 4.63. The molecule has 94 valence electrons. The Morgan fingerprint density at radius 1 is 1.35 bits per heavy atom. The van der Waals surface area contributed by atoms with Gasteiger partial charge in [0.15, 0.2) is 0 Å². The van der Waals surface area contributed by atoms with Gasteiger partial charge < -0.3 is 15.2 Å². The highest BCUT2D eigenvalue weighted by atomic mass is 19.1. The number of halogens is 1. The minimum atomic E-state index is -0.247. The van der Waals surface area contributed by atoms with Gasteiger partial charge in [0.2, 0.25) is 0 Å². The van der Waals surface area contributed by atoms with Gasteiger partial charge >= 0.3 is 0 Å². The topological polar surface area (TPSA) is 44.5 Å². The summed E-state index contributed by atoms with van der Waals surface area (Å²) in [6, 6.07) is 3.47. The fourth-order valence-corrected chi connectivity index (χ4v) is 1.96. The Morgan fingerprint density at radius 3 is 2.59 bits per heavy atom. The van der Waals surface area contributed by atoms with E-state index < -0.39 is 0 Å². The van der Waals surface area contributed by atoms with Crippen molar-refractivity contribution in [2.24, 2.45) is 5.73 Å². The maximum Gasteiger partial charge on any atom is 0.135 e. The third-order valence-corrected chi connectivity index (χ3v) is 3.22. The fourth-order valence-electron chi connectivity index (χ4n) is 1.96. The second-order valence-electron chi connectivity index (χ2n) is 4.69. The number of methoxy groups -OCH3 is 2. The Morgan fingerprint density at radius 2 is 2.06 bits per heavy atom. The van der Waals surface area contributed by atoms with Crippen molar-refractivity contribution in [3.05, 3.63) is 29.1 Å². The van der Waals surface area contributed by atoms with Gasteiger partial charge in [0.1, 0.15) is 11.6 Å². The van der Waals surface area contributed by atoms with E-state index in [1.54, 1.807) is 26.4 Å². The highest BCUT2D eigenvalue weighted by Crippen LogP contribution is 2.39. The van der Waals surface area contributed by atoms with Crippen molar-refractivity contribution in [2.45, 2.75) is 31.4 Å². The van der Waals surface area contributed by atoms with E-state index in [1.807, 2.05) is 0 Å². The Bertz CT molecular complexity index is 416. The van der Waals surface area contributed by atoms with Gasteiger partial charge in [-0.15, -0.1) is 0 Å². The van der Waals surface area contributed by atoms with Crippen molar-refractivity contribution in [3.8, 4) is 5.75 Å². The molecule has 0 unspecified atom stereocenters. The molecule has 1 saturated carbocycles. The summed E-state index contributed by atoms with van der Waals surface area (Å²) in [5.74, 6) is 0.321. The lowest BCUT2D eigenvalue weighted by Crippen LogP contribution is -2.25. The van der Waals surface area contributed by atoms with Crippen LogP contribution in [0.15, 0.2) is 12.1 Å². The smallest absolute Gasteiger partial charge is 0.135 e. The zero-order valence-corrected chi connectivity index (χ0v) is 10.3. The maximum absolute atomic E-state index is 14.2. The molecule has 2 N–H and O–H groups in total. The lowest BCUT2D eigenvalue weighted by molar-refractivity contribution is 0.181. The predicted molar refractivity (Wildman–Crippen MR) is 63.5 cm³/mol. The van der Waals surface area contributed by atoms with E-state index in [2.05, 4.69) is 0 Å².